The van der Waals surface area contributed by atoms with Crippen LogP contribution in [0.3, 0.4) is 0 Å². The molecule has 2 heterocycles. The zero-order chi connectivity index (χ0) is 16.9. The van der Waals surface area contributed by atoms with Crippen LogP contribution in [0.1, 0.15) is 24.8 Å². The number of fused-ring (bicyclic) bond motifs is 1. The first-order valence-electron chi connectivity index (χ1n) is 8.24. The van der Waals surface area contributed by atoms with E-state index in [2.05, 4.69) is 16.0 Å². The molecule has 0 spiro atoms. The second kappa shape index (κ2) is 6.21. The summed E-state index contributed by atoms with van der Waals surface area (Å²) in [4.78, 5) is 22.9. The van der Waals surface area contributed by atoms with Gasteiger partial charge in [0.2, 0.25) is 11.8 Å². The number of anilines is 1. The van der Waals surface area contributed by atoms with E-state index in [0.717, 1.165) is 0 Å². The van der Waals surface area contributed by atoms with Crippen LogP contribution in [-0.4, -0.2) is 36.9 Å². The number of halogens is 3. The first kappa shape index (κ1) is 18.1. The Labute approximate surface area is 150 Å². The van der Waals surface area contributed by atoms with Crippen LogP contribution in [0.5, 0.6) is 0 Å². The highest BCUT2D eigenvalue weighted by Gasteiger charge is 2.80. The van der Waals surface area contributed by atoms with E-state index in [1.165, 1.54) is 0 Å². The molecule has 0 unspecified atom stereocenters. The van der Waals surface area contributed by atoms with E-state index in [9.17, 15) is 18.4 Å². The molecule has 4 rings (SSSR count). The summed E-state index contributed by atoms with van der Waals surface area (Å²) in [5.41, 5.74) is 0.317. The fourth-order valence-electron chi connectivity index (χ4n) is 4.14. The van der Waals surface area contributed by atoms with Gasteiger partial charge >= 0.3 is 0 Å². The molecule has 1 aromatic carbocycles. The standard InChI is InChI=1S/C17H19F2N3O2.ClH/c18-17(19)13-9-20-8-7-16(13,17)10-1-3-11(4-2-10)21-12-5-6-14(23)22-15(12)24;/h1-4,12-13,20-21H,5-9H2,(H,22,23,24);1H/t12-,13+,16+;/m0./s1. The van der Waals surface area contributed by atoms with Crippen LogP contribution in [0, 0.1) is 5.92 Å². The van der Waals surface area contributed by atoms with E-state index in [4.69, 9.17) is 0 Å². The Morgan fingerprint density at radius 1 is 1.16 bits per heavy atom. The zero-order valence-corrected chi connectivity index (χ0v) is 14.3. The van der Waals surface area contributed by atoms with Crippen LogP contribution in [-0.2, 0) is 15.0 Å². The van der Waals surface area contributed by atoms with Crippen LogP contribution in [0.25, 0.3) is 0 Å². The molecule has 0 radical (unpaired) electrons. The molecule has 5 nitrogen and oxygen atoms in total. The summed E-state index contributed by atoms with van der Waals surface area (Å²) in [6.07, 6.45) is 1.16. The van der Waals surface area contributed by atoms with Crippen molar-refractivity contribution in [3.05, 3.63) is 29.8 Å². The number of alkyl halides is 2. The molecule has 25 heavy (non-hydrogen) atoms. The predicted molar refractivity (Wildman–Crippen MR) is 91.1 cm³/mol. The van der Waals surface area contributed by atoms with Crippen LogP contribution in [0.4, 0.5) is 14.5 Å². The largest absolute Gasteiger partial charge is 0.374 e. The Hall–Kier alpha value is -1.73. The lowest BCUT2D eigenvalue weighted by molar-refractivity contribution is -0.133. The summed E-state index contributed by atoms with van der Waals surface area (Å²) >= 11 is 0. The number of nitrogens with one attached hydrogen (secondary N) is 3. The monoisotopic (exact) mass is 371 g/mol. The summed E-state index contributed by atoms with van der Waals surface area (Å²) in [6, 6.07) is 6.46. The average Bonchev–Trinajstić information content (AvgIpc) is 3.09. The quantitative estimate of drug-likeness (QED) is 0.709. The smallest absolute Gasteiger partial charge is 0.263 e. The van der Waals surface area contributed by atoms with Gasteiger partial charge in [-0.3, -0.25) is 14.9 Å². The van der Waals surface area contributed by atoms with Gasteiger partial charge in [0.15, 0.2) is 0 Å². The second-order valence-electron chi connectivity index (χ2n) is 6.83. The van der Waals surface area contributed by atoms with Crippen molar-refractivity contribution in [3.8, 4) is 0 Å². The number of piperidine rings is 2. The number of amides is 2. The number of carbonyl (C=O) groups excluding carboxylic acids is 2. The van der Waals surface area contributed by atoms with E-state index < -0.39 is 23.3 Å². The van der Waals surface area contributed by atoms with Crippen molar-refractivity contribution in [1.29, 1.82) is 0 Å². The summed E-state index contributed by atoms with van der Waals surface area (Å²) in [5.74, 6) is -3.90. The molecule has 1 saturated carbocycles. The number of hydrogen-bond acceptors (Lipinski definition) is 4. The molecule has 2 aliphatic heterocycles. The van der Waals surface area contributed by atoms with Crippen LogP contribution in [0.15, 0.2) is 24.3 Å². The molecular formula is C17H20ClF2N3O2. The van der Waals surface area contributed by atoms with Crippen molar-refractivity contribution in [2.24, 2.45) is 5.92 Å². The Kier molecular flexibility index (Phi) is 4.49. The Morgan fingerprint density at radius 3 is 2.52 bits per heavy atom. The number of hydrogen-bond donors (Lipinski definition) is 3. The molecule has 1 aliphatic carbocycles. The minimum absolute atomic E-state index is 0. The Bertz CT molecular complexity index is 698. The normalized spacial score (nSPS) is 32.9. The van der Waals surface area contributed by atoms with Gasteiger partial charge in [0.25, 0.3) is 5.92 Å². The summed E-state index contributed by atoms with van der Waals surface area (Å²) in [6.45, 7) is 0.950. The van der Waals surface area contributed by atoms with Crippen molar-refractivity contribution in [1.82, 2.24) is 10.6 Å². The lowest BCUT2D eigenvalue weighted by Crippen LogP contribution is -2.47. The molecule has 3 fully saturated rings. The summed E-state index contributed by atoms with van der Waals surface area (Å²) in [7, 11) is 0. The Balaban J connectivity index is 0.00000182. The van der Waals surface area contributed by atoms with E-state index in [-0.39, 0.29) is 24.2 Å². The second-order valence-corrected chi connectivity index (χ2v) is 6.83. The molecule has 136 valence electrons. The molecular weight excluding hydrogens is 352 g/mol. The molecule has 3 aliphatic rings. The van der Waals surface area contributed by atoms with Crippen molar-refractivity contribution in [2.45, 2.75) is 36.6 Å². The maximum Gasteiger partial charge on any atom is 0.263 e. The highest BCUT2D eigenvalue weighted by molar-refractivity contribution is 6.01. The third-order valence-corrected chi connectivity index (χ3v) is 5.57. The molecule has 0 bridgehead atoms. The third kappa shape index (κ3) is 2.69. The molecule has 1 aromatic rings. The number of benzene rings is 1. The van der Waals surface area contributed by atoms with Gasteiger partial charge in [0, 0.05) is 18.7 Å². The van der Waals surface area contributed by atoms with E-state index >= 15 is 0 Å². The average molecular weight is 372 g/mol. The molecule has 2 amide bonds. The van der Waals surface area contributed by atoms with Crippen molar-refractivity contribution < 1.29 is 18.4 Å². The van der Waals surface area contributed by atoms with E-state index in [1.54, 1.807) is 24.3 Å². The fraction of sp³-hybridized carbons (Fsp3) is 0.529. The van der Waals surface area contributed by atoms with Gasteiger partial charge in [0.05, 0.1) is 11.3 Å². The van der Waals surface area contributed by atoms with Gasteiger partial charge in [-0.1, -0.05) is 12.1 Å². The van der Waals surface area contributed by atoms with Gasteiger partial charge in [-0.05, 0) is 37.1 Å². The SMILES string of the molecule is Cl.O=C1CC[C@H](Nc2ccc([C@]34CCNC[C@H]3C4(F)F)cc2)C(=O)N1. The van der Waals surface area contributed by atoms with Crippen LogP contribution in [0.2, 0.25) is 0 Å². The first-order valence-corrected chi connectivity index (χ1v) is 8.24. The maximum absolute atomic E-state index is 14.3. The summed E-state index contributed by atoms with van der Waals surface area (Å²) in [5, 5.41) is 8.39. The van der Waals surface area contributed by atoms with Gasteiger partial charge in [-0.2, -0.15) is 0 Å². The van der Waals surface area contributed by atoms with Gasteiger partial charge < -0.3 is 10.6 Å². The minimum Gasteiger partial charge on any atom is -0.374 e. The van der Waals surface area contributed by atoms with Crippen molar-refractivity contribution >= 4 is 29.9 Å². The third-order valence-electron chi connectivity index (χ3n) is 5.57. The number of carbonyl (C=O) groups is 2. The number of imide groups is 1. The van der Waals surface area contributed by atoms with Gasteiger partial charge in [0.1, 0.15) is 6.04 Å². The molecule has 3 N–H and O–H groups in total. The first-order chi connectivity index (χ1) is 11.4. The number of rotatable bonds is 3. The maximum atomic E-state index is 14.3. The zero-order valence-electron chi connectivity index (χ0n) is 13.5. The van der Waals surface area contributed by atoms with Crippen LogP contribution >= 0.6 is 12.4 Å². The highest BCUT2D eigenvalue weighted by atomic mass is 35.5. The van der Waals surface area contributed by atoms with Crippen molar-refractivity contribution in [2.75, 3.05) is 18.4 Å². The van der Waals surface area contributed by atoms with E-state index in [0.29, 0.717) is 43.6 Å². The van der Waals surface area contributed by atoms with Gasteiger partial charge in [-0.25, -0.2) is 8.78 Å². The molecule has 8 heteroatoms. The molecule has 0 aromatic heterocycles. The highest BCUT2D eigenvalue weighted by Crippen LogP contribution is 2.69. The lowest BCUT2D eigenvalue weighted by atomic mass is 9.87. The minimum atomic E-state index is -2.66. The topological polar surface area (TPSA) is 70.2 Å². The lowest BCUT2D eigenvalue weighted by Gasteiger charge is -2.24. The van der Waals surface area contributed by atoms with Gasteiger partial charge in [-0.15, -0.1) is 12.4 Å². The van der Waals surface area contributed by atoms with E-state index in [1.807, 2.05) is 0 Å². The van der Waals surface area contributed by atoms with Crippen LogP contribution < -0.4 is 16.0 Å². The summed E-state index contributed by atoms with van der Waals surface area (Å²) < 4.78 is 28.5. The Morgan fingerprint density at radius 2 is 1.88 bits per heavy atom. The molecule has 3 atom stereocenters. The predicted octanol–water partition coefficient (Wildman–Crippen LogP) is 1.82. The molecule has 2 saturated heterocycles. The fourth-order valence-corrected chi connectivity index (χ4v) is 4.14. The van der Waals surface area contributed by atoms with Crippen molar-refractivity contribution in [3.63, 3.8) is 0 Å².